The van der Waals surface area contributed by atoms with E-state index < -0.39 is 11.9 Å². The Balaban J connectivity index is 2.64. The van der Waals surface area contributed by atoms with Gasteiger partial charge in [-0.05, 0) is 0 Å². The number of halogens is 2. The Hall–Kier alpha value is -0.800. The van der Waals surface area contributed by atoms with Crippen LogP contribution in [0.25, 0.3) is 0 Å². The zero-order valence-corrected chi connectivity index (χ0v) is 3.26. The van der Waals surface area contributed by atoms with E-state index in [0.717, 1.165) is 0 Å². The summed E-state index contributed by atoms with van der Waals surface area (Å²) >= 11 is 0. The molecule has 0 saturated carbocycles. The normalized spacial score (nSPS) is 19.1. The van der Waals surface area contributed by atoms with E-state index in [4.69, 9.17) is 0 Å². The molecule has 2 N–H and O–H groups in total. The lowest BCUT2D eigenvalue weighted by Crippen LogP contribution is -2.05. The summed E-state index contributed by atoms with van der Waals surface area (Å²) in [4.78, 5) is 0. The molecule has 2 nitrogen and oxygen atoms in total. The van der Waals surface area contributed by atoms with Crippen LogP contribution in [0.4, 0.5) is 8.78 Å². The molecule has 0 aromatic carbocycles. The first-order chi connectivity index (χ1) is 3.30. The molecular formula is C3H2F2N2. The van der Waals surface area contributed by atoms with Crippen molar-refractivity contribution in [2.45, 2.75) is 0 Å². The molecule has 2 radical (unpaired) electrons. The van der Waals surface area contributed by atoms with Crippen LogP contribution in [-0.2, 0) is 0 Å². The summed E-state index contributed by atoms with van der Waals surface area (Å²) in [6, 6.07) is 0. The van der Waals surface area contributed by atoms with E-state index in [9.17, 15) is 8.78 Å². The molecule has 0 saturated heterocycles. The van der Waals surface area contributed by atoms with E-state index in [1.807, 2.05) is 17.3 Å². The third kappa shape index (κ3) is 0.629. The van der Waals surface area contributed by atoms with Crippen LogP contribution in [0.1, 0.15) is 0 Å². The minimum Gasteiger partial charge on any atom is -0.328 e. The Morgan fingerprint density at radius 3 is 1.71 bits per heavy atom. The Kier molecular flexibility index (Phi) is 0.850. The van der Waals surface area contributed by atoms with Crippen LogP contribution in [0.5, 0.6) is 0 Å². The fourth-order valence-electron chi connectivity index (χ4n) is 0.251. The third-order valence-electron chi connectivity index (χ3n) is 0.537. The monoisotopic (exact) mass is 104 g/mol. The lowest BCUT2D eigenvalue weighted by atomic mass is 10.9. The molecule has 0 aromatic heterocycles. The van der Waals surface area contributed by atoms with E-state index in [1.165, 1.54) is 0 Å². The van der Waals surface area contributed by atoms with Gasteiger partial charge in [0, 0.05) is 0 Å². The second kappa shape index (κ2) is 1.36. The molecule has 0 fully saturated rings. The van der Waals surface area contributed by atoms with Gasteiger partial charge in [-0.2, -0.15) is 8.78 Å². The summed E-state index contributed by atoms with van der Waals surface area (Å²) in [5.74, 6) is -2.03. The van der Waals surface area contributed by atoms with Crippen molar-refractivity contribution in [1.29, 1.82) is 0 Å². The van der Waals surface area contributed by atoms with E-state index in [-0.39, 0.29) is 0 Å². The largest absolute Gasteiger partial charge is 0.328 e. The molecule has 4 heteroatoms. The summed E-state index contributed by atoms with van der Waals surface area (Å²) in [5, 5.41) is 3.69. The maximum absolute atomic E-state index is 11.6. The van der Waals surface area contributed by atoms with E-state index in [1.54, 1.807) is 0 Å². The highest BCUT2D eigenvalue weighted by Crippen LogP contribution is 2.05. The summed E-state index contributed by atoms with van der Waals surface area (Å²) in [5.41, 5.74) is 0. The van der Waals surface area contributed by atoms with Crippen LogP contribution in [0, 0.1) is 6.67 Å². The Labute approximate surface area is 39.2 Å². The number of hydrogen-bond acceptors (Lipinski definition) is 2. The molecule has 0 spiro atoms. The molecule has 0 atom stereocenters. The van der Waals surface area contributed by atoms with Gasteiger partial charge in [-0.15, -0.1) is 0 Å². The molecule has 38 valence electrons. The molecule has 1 aliphatic heterocycles. The second-order valence-corrected chi connectivity index (χ2v) is 1.00. The van der Waals surface area contributed by atoms with Crippen molar-refractivity contribution >= 4 is 0 Å². The van der Waals surface area contributed by atoms with E-state index >= 15 is 0 Å². The highest BCUT2D eigenvalue weighted by molar-refractivity contribution is 5.05. The van der Waals surface area contributed by atoms with Crippen LogP contribution >= 0.6 is 0 Å². The lowest BCUT2D eigenvalue weighted by Gasteiger charge is -1.80. The first-order valence-corrected chi connectivity index (χ1v) is 1.63. The van der Waals surface area contributed by atoms with Crippen molar-refractivity contribution in [2.24, 2.45) is 0 Å². The average Bonchev–Trinajstić information content (AvgIpc) is 1.91. The highest BCUT2D eigenvalue weighted by Gasteiger charge is 2.11. The van der Waals surface area contributed by atoms with Gasteiger partial charge in [0.25, 0.3) is 0 Å². The standard InChI is InChI=1S/C3H2F2N2/c4-2-3(5)7-1-6-2/h6-7H. The van der Waals surface area contributed by atoms with Crippen molar-refractivity contribution < 1.29 is 8.78 Å². The molecule has 0 aromatic rings. The Morgan fingerprint density at radius 1 is 1.14 bits per heavy atom. The Bertz CT molecular complexity index is 97.5. The molecule has 0 amide bonds. The zero-order chi connectivity index (χ0) is 5.28. The minimum absolute atomic E-state index is 1.01. The second-order valence-electron chi connectivity index (χ2n) is 1.00. The van der Waals surface area contributed by atoms with Gasteiger partial charge < -0.3 is 10.6 Å². The van der Waals surface area contributed by atoms with Gasteiger partial charge in [0.05, 0.1) is 0 Å². The van der Waals surface area contributed by atoms with Crippen LogP contribution in [0.3, 0.4) is 0 Å². The summed E-state index contributed by atoms with van der Waals surface area (Å²) in [6.45, 7) is 2.00. The molecule has 0 unspecified atom stereocenters. The number of nitrogens with one attached hydrogen (secondary N) is 2. The van der Waals surface area contributed by atoms with Gasteiger partial charge in [0.15, 0.2) is 0 Å². The van der Waals surface area contributed by atoms with Crippen LogP contribution < -0.4 is 10.6 Å². The molecule has 7 heavy (non-hydrogen) atoms. The van der Waals surface area contributed by atoms with Gasteiger partial charge in [0.1, 0.15) is 0 Å². The fourth-order valence-corrected chi connectivity index (χ4v) is 0.251. The Morgan fingerprint density at radius 2 is 1.57 bits per heavy atom. The van der Waals surface area contributed by atoms with E-state index in [0.29, 0.717) is 0 Å². The van der Waals surface area contributed by atoms with Gasteiger partial charge in [-0.1, -0.05) is 0 Å². The maximum Gasteiger partial charge on any atom is 0.242 e. The van der Waals surface area contributed by atoms with Crippen LogP contribution in [0.15, 0.2) is 11.9 Å². The fraction of sp³-hybridized carbons (Fsp3) is 0. The summed E-state index contributed by atoms with van der Waals surface area (Å²) < 4.78 is 23.2. The molecule has 1 aliphatic rings. The highest BCUT2D eigenvalue weighted by atomic mass is 19.2. The smallest absolute Gasteiger partial charge is 0.242 e. The molecule has 1 heterocycles. The van der Waals surface area contributed by atoms with Crippen molar-refractivity contribution in [1.82, 2.24) is 10.6 Å². The van der Waals surface area contributed by atoms with E-state index in [2.05, 4.69) is 0 Å². The predicted octanol–water partition coefficient (Wildman–Crippen LogP) is 0.241. The number of hydrogen-bond donors (Lipinski definition) is 2. The quantitative estimate of drug-likeness (QED) is 0.430. The van der Waals surface area contributed by atoms with Gasteiger partial charge in [-0.25, -0.2) is 0 Å². The third-order valence-corrected chi connectivity index (χ3v) is 0.537. The summed E-state index contributed by atoms with van der Waals surface area (Å²) in [7, 11) is 0. The van der Waals surface area contributed by atoms with Crippen molar-refractivity contribution in [2.75, 3.05) is 0 Å². The summed E-state index contributed by atoms with van der Waals surface area (Å²) in [6.07, 6.45) is 0. The molecular weight excluding hydrogens is 102 g/mol. The molecule has 1 rings (SSSR count). The van der Waals surface area contributed by atoms with Crippen molar-refractivity contribution in [3.8, 4) is 0 Å². The number of rotatable bonds is 0. The SMILES string of the molecule is FC1=C(F)N[C]N1. The average molecular weight is 104 g/mol. The van der Waals surface area contributed by atoms with Crippen LogP contribution in [-0.4, -0.2) is 0 Å². The van der Waals surface area contributed by atoms with Crippen LogP contribution in [0.2, 0.25) is 0 Å². The predicted molar refractivity (Wildman–Crippen MR) is 18.8 cm³/mol. The maximum atomic E-state index is 11.6. The van der Waals surface area contributed by atoms with Gasteiger partial charge in [0.2, 0.25) is 18.6 Å². The first-order valence-electron chi connectivity index (χ1n) is 1.63. The van der Waals surface area contributed by atoms with Crippen molar-refractivity contribution in [3.05, 3.63) is 18.6 Å². The topological polar surface area (TPSA) is 24.1 Å². The van der Waals surface area contributed by atoms with Crippen molar-refractivity contribution in [3.63, 3.8) is 0 Å². The van der Waals surface area contributed by atoms with Gasteiger partial charge >= 0.3 is 0 Å². The lowest BCUT2D eigenvalue weighted by molar-refractivity contribution is 0.516. The minimum atomic E-state index is -1.01. The molecule has 0 bridgehead atoms. The van der Waals surface area contributed by atoms with Gasteiger partial charge in [-0.3, -0.25) is 0 Å². The molecule has 0 aliphatic carbocycles. The zero-order valence-electron chi connectivity index (χ0n) is 3.26. The first kappa shape index (κ1) is 4.36.